The van der Waals surface area contributed by atoms with Crippen molar-refractivity contribution in [1.29, 1.82) is 0 Å². The molecule has 0 atom stereocenters. The summed E-state index contributed by atoms with van der Waals surface area (Å²) in [6, 6.07) is 5.52. The number of hydrogen-bond acceptors (Lipinski definition) is 2. The van der Waals surface area contributed by atoms with Crippen molar-refractivity contribution in [3.63, 3.8) is 0 Å². The topological polar surface area (TPSA) is 43.8 Å². The Labute approximate surface area is 87.1 Å². The third-order valence-corrected chi connectivity index (χ3v) is 2.43. The van der Waals surface area contributed by atoms with E-state index in [1.807, 2.05) is 23.6 Å². The van der Waals surface area contributed by atoms with Crippen molar-refractivity contribution < 1.29 is 0 Å². The molecule has 1 aromatic heterocycles. The Kier molecular flexibility index (Phi) is 2.17. The standard InChI is InChI=1S/C10H10ClN3/c1-7-5-13-6-14(7)8-2-3-9(11)10(12)4-8/h2-6H,12H2,1H3. The molecule has 0 aliphatic rings. The second-order valence-electron chi connectivity index (χ2n) is 3.11. The van der Waals surface area contributed by atoms with Crippen LogP contribution in [0.4, 0.5) is 5.69 Å². The first-order chi connectivity index (χ1) is 6.68. The van der Waals surface area contributed by atoms with Crippen LogP contribution in [-0.4, -0.2) is 9.55 Å². The van der Waals surface area contributed by atoms with Crippen molar-refractivity contribution >= 4 is 17.3 Å². The third-order valence-electron chi connectivity index (χ3n) is 2.08. The van der Waals surface area contributed by atoms with Gasteiger partial charge in [0.05, 0.1) is 17.0 Å². The molecule has 0 fully saturated rings. The van der Waals surface area contributed by atoms with E-state index in [2.05, 4.69) is 4.98 Å². The van der Waals surface area contributed by atoms with Gasteiger partial charge in [-0.15, -0.1) is 0 Å². The lowest BCUT2D eigenvalue weighted by Gasteiger charge is -2.06. The van der Waals surface area contributed by atoms with Crippen LogP contribution in [0.5, 0.6) is 0 Å². The largest absolute Gasteiger partial charge is 0.397 e. The summed E-state index contributed by atoms with van der Waals surface area (Å²) in [6.45, 7) is 1.98. The summed E-state index contributed by atoms with van der Waals surface area (Å²) >= 11 is 5.83. The average Bonchev–Trinajstić information content (AvgIpc) is 2.57. The van der Waals surface area contributed by atoms with Gasteiger partial charge in [0.2, 0.25) is 0 Å². The summed E-state index contributed by atoms with van der Waals surface area (Å²) in [4.78, 5) is 4.04. The summed E-state index contributed by atoms with van der Waals surface area (Å²) in [5.41, 5.74) is 8.33. The van der Waals surface area contributed by atoms with Crippen LogP contribution in [0.1, 0.15) is 5.69 Å². The number of halogens is 1. The van der Waals surface area contributed by atoms with E-state index in [4.69, 9.17) is 17.3 Å². The van der Waals surface area contributed by atoms with Gasteiger partial charge >= 0.3 is 0 Å². The number of nitrogens with two attached hydrogens (primary N) is 1. The zero-order valence-corrected chi connectivity index (χ0v) is 8.49. The van der Waals surface area contributed by atoms with Crippen molar-refractivity contribution in [2.24, 2.45) is 0 Å². The fraction of sp³-hybridized carbons (Fsp3) is 0.100. The molecule has 0 radical (unpaired) electrons. The minimum Gasteiger partial charge on any atom is -0.397 e. The van der Waals surface area contributed by atoms with E-state index in [0.29, 0.717) is 10.7 Å². The normalized spacial score (nSPS) is 10.4. The molecule has 0 saturated heterocycles. The molecule has 0 amide bonds. The number of nitrogen functional groups attached to an aromatic ring is 1. The van der Waals surface area contributed by atoms with Gasteiger partial charge in [0, 0.05) is 17.6 Å². The molecule has 0 unspecified atom stereocenters. The molecule has 0 aliphatic heterocycles. The Morgan fingerprint density at radius 1 is 1.43 bits per heavy atom. The van der Waals surface area contributed by atoms with E-state index in [0.717, 1.165) is 11.4 Å². The molecule has 14 heavy (non-hydrogen) atoms. The molecule has 0 saturated carbocycles. The van der Waals surface area contributed by atoms with Gasteiger partial charge in [-0.3, -0.25) is 0 Å². The van der Waals surface area contributed by atoms with Crippen molar-refractivity contribution in [3.8, 4) is 5.69 Å². The highest BCUT2D eigenvalue weighted by Crippen LogP contribution is 2.22. The highest BCUT2D eigenvalue weighted by molar-refractivity contribution is 6.33. The summed E-state index contributed by atoms with van der Waals surface area (Å²) in [6.07, 6.45) is 3.54. The Morgan fingerprint density at radius 2 is 2.21 bits per heavy atom. The van der Waals surface area contributed by atoms with Crippen molar-refractivity contribution in [1.82, 2.24) is 9.55 Å². The molecule has 2 aromatic rings. The maximum atomic E-state index is 5.83. The molecule has 3 nitrogen and oxygen atoms in total. The van der Waals surface area contributed by atoms with Gasteiger partial charge in [0.25, 0.3) is 0 Å². The predicted octanol–water partition coefficient (Wildman–Crippen LogP) is 2.42. The maximum absolute atomic E-state index is 5.83. The highest BCUT2D eigenvalue weighted by atomic mass is 35.5. The first-order valence-corrected chi connectivity index (χ1v) is 4.60. The van der Waals surface area contributed by atoms with E-state index in [9.17, 15) is 0 Å². The zero-order valence-electron chi connectivity index (χ0n) is 7.74. The van der Waals surface area contributed by atoms with Crippen LogP contribution in [-0.2, 0) is 0 Å². The molecule has 0 bridgehead atoms. The van der Waals surface area contributed by atoms with Gasteiger partial charge in [-0.05, 0) is 25.1 Å². The molecule has 0 aliphatic carbocycles. The fourth-order valence-corrected chi connectivity index (χ4v) is 1.43. The minimum absolute atomic E-state index is 0.575. The number of hydrogen-bond donors (Lipinski definition) is 1. The molecule has 72 valence electrons. The number of imidazole rings is 1. The monoisotopic (exact) mass is 207 g/mol. The number of aryl methyl sites for hydroxylation is 1. The van der Waals surface area contributed by atoms with Gasteiger partial charge in [0.1, 0.15) is 0 Å². The Bertz CT molecular complexity index is 462. The molecule has 0 spiro atoms. The zero-order chi connectivity index (χ0) is 10.1. The van der Waals surface area contributed by atoms with Crippen molar-refractivity contribution in [2.75, 3.05) is 5.73 Å². The fourth-order valence-electron chi connectivity index (χ4n) is 1.31. The van der Waals surface area contributed by atoms with Crippen LogP contribution in [0.15, 0.2) is 30.7 Å². The maximum Gasteiger partial charge on any atom is 0.0994 e. The smallest absolute Gasteiger partial charge is 0.0994 e. The third kappa shape index (κ3) is 1.46. The van der Waals surface area contributed by atoms with Crippen molar-refractivity contribution in [2.45, 2.75) is 6.92 Å². The number of aromatic nitrogens is 2. The van der Waals surface area contributed by atoms with Crippen LogP contribution in [0.2, 0.25) is 5.02 Å². The lowest BCUT2D eigenvalue weighted by molar-refractivity contribution is 1.01. The summed E-state index contributed by atoms with van der Waals surface area (Å²) in [5.74, 6) is 0. The van der Waals surface area contributed by atoms with Gasteiger partial charge < -0.3 is 10.3 Å². The SMILES string of the molecule is Cc1cncn1-c1ccc(Cl)c(N)c1. The van der Waals surface area contributed by atoms with Crippen LogP contribution in [0.25, 0.3) is 5.69 Å². The summed E-state index contributed by atoms with van der Waals surface area (Å²) in [7, 11) is 0. The van der Waals surface area contributed by atoms with Crippen LogP contribution in [0, 0.1) is 6.92 Å². The Balaban J connectivity index is 2.53. The molecular weight excluding hydrogens is 198 g/mol. The quantitative estimate of drug-likeness (QED) is 0.730. The van der Waals surface area contributed by atoms with E-state index in [1.165, 1.54) is 0 Å². The van der Waals surface area contributed by atoms with E-state index in [-0.39, 0.29) is 0 Å². The molecule has 4 heteroatoms. The van der Waals surface area contributed by atoms with Gasteiger partial charge in [-0.1, -0.05) is 11.6 Å². The first kappa shape index (κ1) is 9.09. The lowest BCUT2D eigenvalue weighted by atomic mass is 10.2. The molecule has 1 aromatic carbocycles. The first-order valence-electron chi connectivity index (χ1n) is 4.23. The Hall–Kier alpha value is -1.48. The van der Waals surface area contributed by atoms with Gasteiger partial charge in [0.15, 0.2) is 0 Å². The van der Waals surface area contributed by atoms with E-state index >= 15 is 0 Å². The number of nitrogens with zero attached hydrogens (tertiary/aromatic N) is 2. The number of benzene rings is 1. The van der Waals surface area contributed by atoms with Crippen molar-refractivity contribution in [3.05, 3.63) is 41.4 Å². The summed E-state index contributed by atoms with van der Waals surface area (Å²) < 4.78 is 1.95. The molecular formula is C10H10ClN3. The second-order valence-corrected chi connectivity index (χ2v) is 3.52. The van der Waals surface area contributed by atoms with E-state index in [1.54, 1.807) is 18.6 Å². The van der Waals surface area contributed by atoms with E-state index < -0.39 is 0 Å². The average molecular weight is 208 g/mol. The lowest BCUT2D eigenvalue weighted by Crippen LogP contribution is -1.96. The Morgan fingerprint density at radius 3 is 2.79 bits per heavy atom. The van der Waals surface area contributed by atoms with Crippen LogP contribution >= 0.6 is 11.6 Å². The number of rotatable bonds is 1. The molecule has 2 N–H and O–H groups in total. The predicted molar refractivity (Wildman–Crippen MR) is 57.7 cm³/mol. The van der Waals surface area contributed by atoms with Crippen LogP contribution < -0.4 is 5.73 Å². The van der Waals surface area contributed by atoms with Gasteiger partial charge in [-0.2, -0.15) is 0 Å². The number of anilines is 1. The molecule has 1 heterocycles. The molecule has 2 rings (SSSR count). The van der Waals surface area contributed by atoms with Crippen LogP contribution in [0.3, 0.4) is 0 Å². The summed E-state index contributed by atoms with van der Waals surface area (Å²) in [5, 5.41) is 0.575. The van der Waals surface area contributed by atoms with Gasteiger partial charge in [-0.25, -0.2) is 4.98 Å². The minimum atomic E-state index is 0.575. The highest BCUT2D eigenvalue weighted by Gasteiger charge is 2.02. The second kappa shape index (κ2) is 3.35.